The number of nitrogens with zero attached hydrogens (tertiary/aromatic N) is 2. The maximum atomic E-state index is 11.9. The van der Waals surface area contributed by atoms with Crippen molar-refractivity contribution in [3.05, 3.63) is 30.3 Å². The molecule has 0 aromatic heterocycles. The minimum Gasteiger partial charge on any atom is -0.360 e. The minimum absolute atomic E-state index is 0.0300. The fourth-order valence-electron chi connectivity index (χ4n) is 2.87. The van der Waals surface area contributed by atoms with Crippen molar-refractivity contribution in [2.24, 2.45) is 5.10 Å². The van der Waals surface area contributed by atoms with Crippen molar-refractivity contribution in [1.82, 2.24) is 5.43 Å². The van der Waals surface area contributed by atoms with Crippen LogP contribution in [0.15, 0.2) is 35.4 Å². The number of quaternary nitrogens is 1. The SMILES string of the molecule is CCC(CC)=NNC(=O)CC[NH+]1CCN(c2ccccc2)CC1. The van der Waals surface area contributed by atoms with Gasteiger partial charge in [0.1, 0.15) is 0 Å². The van der Waals surface area contributed by atoms with Gasteiger partial charge < -0.3 is 9.80 Å². The number of carbonyl (C=O) groups excluding carboxylic acids is 1. The Balaban J connectivity index is 1.68. The van der Waals surface area contributed by atoms with E-state index in [9.17, 15) is 4.79 Å². The number of hydrogen-bond donors (Lipinski definition) is 2. The summed E-state index contributed by atoms with van der Waals surface area (Å²) in [6, 6.07) is 10.5. The Morgan fingerprint density at radius 1 is 1.17 bits per heavy atom. The van der Waals surface area contributed by atoms with Crippen LogP contribution >= 0.6 is 0 Å². The van der Waals surface area contributed by atoms with E-state index in [1.165, 1.54) is 10.6 Å². The highest BCUT2D eigenvalue weighted by atomic mass is 16.2. The zero-order valence-electron chi connectivity index (χ0n) is 14.3. The predicted octanol–water partition coefficient (Wildman–Crippen LogP) is 1.07. The molecule has 5 nitrogen and oxygen atoms in total. The minimum atomic E-state index is 0.0300. The fourth-order valence-corrected chi connectivity index (χ4v) is 2.87. The molecule has 1 fully saturated rings. The zero-order valence-corrected chi connectivity index (χ0v) is 14.3. The Kier molecular flexibility index (Phi) is 7.07. The molecule has 1 aromatic carbocycles. The molecular formula is C18H29N4O+. The number of amides is 1. The summed E-state index contributed by atoms with van der Waals surface area (Å²) in [4.78, 5) is 15.8. The van der Waals surface area contributed by atoms with E-state index in [0.717, 1.165) is 51.3 Å². The standard InChI is InChI=1S/C18H28N4O/c1-3-16(4-2)19-20-18(23)10-11-21-12-14-22(15-13-21)17-8-6-5-7-9-17/h5-9H,3-4,10-15H2,1-2H3,(H,20,23)/p+1. The van der Waals surface area contributed by atoms with Gasteiger partial charge in [-0.2, -0.15) is 5.10 Å². The molecule has 23 heavy (non-hydrogen) atoms. The Morgan fingerprint density at radius 2 is 1.83 bits per heavy atom. The van der Waals surface area contributed by atoms with Gasteiger partial charge >= 0.3 is 0 Å². The molecule has 1 saturated heterocycles. The van der Waals surface area contributed by atoms with Crippen LogP contribution in [0, 0.1) is 0 Å². The molecule has 1 amide bonds. The second-order valence-corrected chi connectivity index (χ2v) is 5.99. The number of benzene rings is 1. The van der Waals surface area contributed by atoms with Crippen LogP contribution in [0.4, 0.5) is 5.69 Å². The molecule has 0 unspecified atom stereocenters. The lowest BCUT2D eigenvalue weighted by molar-refractivity contribution is -0.900. The first-order chi connectivity index (χ1) is 11.2. The smallest absolute Gasteiger partial charge is 0.245 e. The molecule has 0 atom stereocenters. The number of carbonyl (C=O) groups is 1. The fraction of sp³-hybridized carbons (Fsp3) is 0.556. The molecule has 0 aliphatic carbocycles. The van der Waals surface area contributed by atoms with Crippen LogP contribution in [0.2, 0.25) is 0 Å². The summed E-state index contributed by atoms with van der Waals surface area (Å²) in [6.07, 6.45) is 2.33. The summed E-state index contributed by atoms with van der Waals surface area (Å²) in [5.74, 6) is 0.0300. The lowest BCUT2D eigenvalue weighted by Gasteiger charge is -2.33. The number of hydrogen-bond acceptors (Lipinski definition) is 3. The van der Waals surface area contributed by atoms with E-state index in [-0.39, 0.29) is 5.91 Å². The molecule has 0 saturated carbocycles. The molecule has 0 bridgehead atoms. The Bertz CT molecular complexity index is 501. The quantitative estimate of drug-likeness (QED) is 0.584. The number of hydrazone groups is 1. The van der Waals surface area contributed by atoms with Crippen molar-refractivity contribution in [2.75, 3.05) is 37.6 Å². The van der Waals surface area contributed by atoms with Crippen molar-refractivity contribution in [2.45, 2.75) is 33.1 Å². The monoisotopic (exact) mass is 317 g/mol. The van der Waals surface area contributed by atoms with Gasteiger partial charge in [-0.1, -0.05) is 32.0 Å². The summed E-state index contributed by atoms with van der Waals surface area (Å²) in [5, 5.41) is 4.18. The second-order valence-electron chi connectivity index (χ2n) is 5.99. The molecule has 2 N–H and O–H groups in total. The van der Waals surface area contributed by atoms with Crippen LogP contribution < -0.4 is 15.2 Å². The molecule has 1 heterocycles. The van der Waals surface area contributed by atoms with Gasteiger partial charge in [-0.25, -0.2) is 5.43 Å². The lowest BCUT2D eigenvalue weighted by atomic mass is 10.2. The van der Waals surface area contributed by atoms with Gasteiger partial charge in [0.2, 0.25) is 5.91 Å². The highest BCUT2D eigenvalue weighted by Gasteiger charge is 2.20. The van der Waals surface area contributed by atoms with Gasteiger partial charge in [-0.3, -0.25) is 4.79 Å². The van der Waals surface area contributed by atoms with E-state index < -0.39 is 0 Å². The number of anilines is 1. The van der Waals surface area contributed by atoms with Gasteiger partial charge in [-0.05, 0) is 25.0 Å². The van der Waals surface area contributed by atoms with E-state index in [2.05, 4.69) is 59.6 Å². The van der Waals surface area contributed by atoms with Gasteiger partial charge in [0.15, 0.2) is 0 Å². The number of piperazine rings is 1. The summed E-state index contributed by atoms with van der Waals surface area (Å²) < 4.78 is 0. The van der Waals surface area contributed by atoms with Gasteiger partial charge in [-0.15, -0.1) is 0 Å². The largest absolute Gasteiger partial charge is 0.360 e. The third kappa shape index (κ3) is 5.67. The number of nitrogens with one attached hydrogen (secondary N) is 2. The van der Waals surface area contributed by atoms with Crippen molar-refractivity contribution >= 4 is 17.3 Å². The van der Waals surface area contributed by atoms with E-state index in [1.54, 1.807) is 0 Å². The molecule has 0 spiro atoms. The molecule has 1 aromatic rings. The number of rotatable bonds is 7. The zero-order chi connectivity index (χ0) is 16.5. The maximum Gasteiger partial charge on any atom is 0.245 e. The van der Waals surface area contributed by atoms with E-state index in [4.69, 9.17) is 0 Å². The maximum absolute atomic E-state index is 11.9. The lowest BCUT2D eigenvalue weighted by Crippen LogP contribution is -3.15. The van der Waals surface area contributed by atoms with Crippen LogP contribution in [0.5, 0.6) is 0 Å². The summed E-state index contributed by atoms with van der Waals surface area (Å²) >= 11 is 0. The molecule has 0 radical (unpaired) electrons. The average Bonchev–Trinajstić information content (AvgIpc) is 2.62. The van der Waals surface area contributed by atoms with Gasteiger partial charge in [0.25, 0.3) is 0 Å². The third-order valence-corrected chi connectivity index (χ3v) is 4.45. The molecular weight excluding hydrogens is 288 g/mol. The predicted molar refractivity (Wildman–Crippen MR) is 95.0 cm³/mol. The van der Waals surface area contributed by atoms with E-state index in [0.29, 0.717) is 6.42 Å². The van der Waals surface area contributed by atoms with Crippen LogP contribution in [0.3, 0.4) is 0 Å². The van der Waals surface area contributed by atoms with Crippen LogP contribution in [0.25, 0.3) is 0 Å². The normalized spacial score (nSPS) is 15.3. The average molecular weight is 317 g/mol. The van der Waals surface area contributed by atoms with Crippen molar-refractivity contribution in [3.8, 4) is 0 Å². The van der Waals surface area contributed by atoms with Crippen LogP contribution in [-0.2, 0) is 4.79 Å². The molecule has 5 heteroatoms. The van der Waals surface area contributed by atoms with Crippen molar-refractivity contribution < 1.29 is 9.69 Å². The first-order valence-electron chi connectivity index (χ1n) is 8.70. The Labute approximate surface area is 139 Å². The summed E-state index contributed by atoms with van der Waals surface area (Å²) in [7, 11) is 0. The third-order valence-electron chi connectivity index (χ3n) is 4.45. The topological polar surface area (TPSA) is 49.1 Å². The first-order valence-corrected chi connectivity index (χ1v) is 8.70. The second kappa shape index (κ2) is 9.30. The highest BCUT2D eigenvalue weighted by Crippen LogP contribution is 2.12. The molecule has 126 valence electrons. The molecule has 2 rings (SSSR count). The van der Waals surface area contributed by atoms with Gasteiger partial charge in [0, 0.05) is 11.4 Å². The summed E-state index contributed by atoms with van der Waals surface area (Å²) in [6.45, 7) is 9.28. The van der Waals surface area contributed by atoms with E-state index >= 15 is 0 Å². The van der Waals surface area contributed by atoms with Crippen molar-refractivity contribution in [1.29, 1.82) is 0 Å². The number of para-hydroxylation sites is 1. The van der Waals surface area contributed by atoms with Crippen molar-refractivity contribution in [3.63, 3.8) is 0 Å². The first kappa shape index (κ1) is 17.5. The summed E-state index contributed by atoms with van der Waals surface area (Å²) in [5.41, 5.74) is 5.02. The van der Waals surface area contributed by atoms with Crippen LogP contribution in [-0.4, -0.2) is 44.3 Å². The van der Waals surface area contributed by atoms with Gasteiger partial charge in [0.05, 0.1) is 39.1 Å². The molecule has 1 aliphatic heterocycles. The Morgan fingerprint density at radius 3 is 2.43 bits per heavy atom. The highest BCUT2D eigenvalue weighted by molar-refractivity contribution is 5.85. The van der Waals surface area contributed by atoms with Crippen LogP contribution in [0.1, 0.15) is 33.1 Å². The Hall–Kier alpha value is -1.88. The molecule has 1 aliphatic rings. The van der Waals surface area contributed by atoms with E-state index in [1.807, 2.05) is 0 Å².